The van der Waals surface area contributed by atoms with Crippen LogP contribution in [-0.2, 0) is 10.0 Å². The van der Waals surface area contributed by atoms with Crippen LogP contribution in [0.4, 0.5) is 10.1 Å². The average Bonchev–Trinajstić information content (AvgIpc) is 2.41. The van der Waals surface area contributed by atoms with Crippen LogP contribution in [0.3, 0.4) is 0 Å². The number of halogens is 1. The molecule has 0 spiro atoms. The third-order valence-electron chi connectivity index (χ3n) is 2.86. The topological polar surface area (TPSA) is 89.3 Å². The van der Waals surface area contributed by atoms with Gasteiger partial charge in [0.05, 0.1) is 10.5 Å². The molecular formula is C14H13FN2O3S. The number of carbonyl (C=O) groups is 1. The first-order valence-corrected chi connectivity index (χ1v) is 7.53. The Labute approximate surface area is 121 Å². The molecule has 0 fully saturated rings. The number of amides is 1. The number of carbonyl (C=O) groups excluding carboxylic acids is 1. The van der Waals surface area contributed by atoms with Gasteiger partial charge in [-0.2, -0.15) is 0 Å². The molecule has 110 valence electrons. The second-order valence-corrected chi connectivity index (χ2v) is 6.02. The molecular weight excluding hydrogens is 295 g/mol. The van der Waals surface area contributed by atoms with E-state index in [0.29, 0.717) is 5.56 Å². The van der Waals surface area contributed by atoms with Crippen LogP contribution in [0.25, 0.3) is 0 Å². The number of primary sulfonamides is 1. The van der Waals surface area contributed by atoms with E-state index in [1.165, 1.54) is 30.3 Å². The molecule has 7 heteroatoms. The molecule has 0 heterocycles. The van der Waals surface area contributed by atoms with E-state index in [1.54, 1.807) is 19.1 Å². The SMILES string of the molecule is Cc1cccc(C(=O)Nc2cccc(S(N)(=O)=O)c2)c1F. The van der Waals surface area contributed by atoms with E-state index in [2.05, 4.69) is 5.32 Å². The lowest BCUT2D eigenvalue weighted by molar-refractivity contribution is 0.102. The minimum atomic E-state index is -3.87. The fraction of sp³-hybridized carbons (Fsp3) is 0.0714. The monoisotopic (exact) mass is 308 g/mol. The van der Waals surface area contributed by atoms with E-state index in [-0.39, 0.29) is 16.1 Å². The second-order valence-electron chi connectivity index (χ2n) is 4.46. The Morgan fingerprint density at radius 3 is 2.52 bits per heavy atom. The molecule has 0 aliphatic carbocycles. The highest BCUT2D eigenvalue weighted by molar-refractivity contribution is 7.89. The number of anilines is 1. The van der Waals surface area contributed by atoms with Crippen LogP contribution < -0.4 is 10.5 Å². The predicted molar refractivity (Wildman–Crippen MR) is 76.9 cm³/mol. The van der Waals surface area contributed by atoms with Gasteiger partial charge in [0.15, 0.2) is 0 Å². The summed E-state index contributed by atoms with van der Waals surface area (Å²) in [7, 11) is -3.87. The summed E-state index contributed by atoms with van der Waals surface area (Å²) in [5.41, 5.74) is 0.448. The zero-order valence-corrected chi connectivity index (χ0v) is 11.9. The van der Waals surface area contributed by atoms with Gasteiger partial charge in [-0.1, -0.05) is 18.2 Å². The molecule has 0 radical (unpaired) electrons. The van der Waals surface area contributed by atoms with E-state index in [0.717, 1.165) is 0 Å². The maximum absolute atomic E-state index is 13.8. The maximum atomic E-state index is 13.8. The number of benzene rings is 2. The zero-order valence-electron chi connectivity index (χ0n) is 11.1. The first kappa shape index (κ1) is 15.1. The van der Waals surface area contributed by atoms with Gasteiger partial charge < -0.3 is 5.32 Å². The zero-order chi connectivity index (χ0) is 15.6. The second kappa shape index (κ2) is 5.63. The van der Waals surface area contributed by atoms with Crippen LogP contribution in [0, 0.1) is 12.7 Å². The summed E-state index contributed by atoms with van der Waals surface area (Å²) >= 11 is 0. The van der Waals surface area contributed by atoms with Gasteiger partial charge in [-0.3, -0.25) is 4.79 Å². The fourth-order valence-corrected chi connectivity index (χ4v) is 2.33. The summed E-state index contributed by atoms with van der Waals surface area (Å²) in [6.45, 7) is 1.55. The van der Waals surface area contributed by atoms with Crippen molar-refractivity contribution in [1.82, 2.24) is 0 Å². The normalized spacial score (nSPS) is 11.2. The summed E-state index contributed by atoms with van der Waals surface area (Å²) in [4.78, 5) is 11.9. The van der Waals surface area contributed by atoms with Gasteiger partial charge >= 0.3 is 0 Å². The highest BCUT2D eigenvalue weighted by Crippen LogP contribution is 2.17. The average molecular weight is 308 g/mol. The highest BCUT2D eigenvalue weighted by Gasteiger charge is 2.14. The Morgan fingerprint density at radius 1 is 1.19 bits per heavy atom. The lowest BCUT2D eigenvalue weighted by Crippen LogP contribution is -2.16. The molecule has 2 rings (SSSR count). The van der Waals surface area contributed by atoms with Crippen molar-refractivity contribution in [1.29, 1.82) is 0 Å². The highest BCUT2D eigenvalue weighted by atomic mass is 32.2. The van der Waals surface area contributed by atoms with Crippen LogP contribution in [0.5, 0.6) is 0 Å². The van der Waals surface area contributed by atoms with Crippen LogP contribution in [0.1, 0.15) is 15.9 Å². The van der Waals surface area contributed by atoms with Crippen LogP contribution >= 0.6 is 0 Å². The maximum Gasteiger partial charge on any atom is 0.258 e. The molecule has 2 aromatic rings. The smallest absolute Gasteiger partial charge is 0.258 e. The van der Waals surface area contributed by atoms with Gasteiger partial charge in [0.25, 0.3) is 5.91 Å². The van der Waals surface area contributed by atoms with Gasteiger partial charge in [0.1, 0.15) is 5.82 Å². The number of hydrogen-bond donors (Lipinski definition) is 2. The van der Waals surface area contributed by atoms with E-state index in [4.69, 9.17) is 5.14 Å². The van der Waals surface area contributed by atoms with E-state index in [1.807, 2.05) is 0 Å². The van der Waals surface area contributed by atoms with Gasteiger partial charge in [0, 0.05) is 5.69 Å². The molecule has 0 aliphatic rings. The standard InChI is InChI=1S/C14H13FN2O3S/c1-9-4-2-7-12(13(9)15)14(18)17-10-5-3-6-11(8-10)21(16,19)20/h2-8H,1H3,(H,17,18)(H2,16,19,20). The van der Waals surface area contributed by atoms with Crippen molar-refractivity contribution in [3.63, 3.8) is 0 Å². The van der Waals surface area contributed by atoms with E-state index in [9.17, 15) is 17.6 Å². The van der Waals surface area contributed by atoms with Crippen molar-refractivity contribution in [3.8, 4) is 0 Å². The lowest BCUT2D eigenvalue weighted by Gasteiger charge is -2.08. The summed E-state index contributed by atoms with van der Waals surface area (Å²) in [6.07, 6.45) is 0. The largest absolute Gasteiger partial charge is 0.322 e. The molecule has 0 atom stereocenters. The third-order valence-corrected chi connectivity index (χ3v) is 3.77. The van der Waals surface area contributed by atoms with Gasteiger partial charge in [-0.25, -0.2) is 17.9 Å². The molecule has 0 aliphatic heterocycles. The molecule has 0 bridgehead atoms. The van der Waals surface area contributed by atoms with Crippen molar-refractivity contribution in [2.45, 2.75) is 11.8 Å². The molecule has 0 aromatic heterocycles. The van der Waals surface area contributed by atoms with Gasteiger partial charge in [-0.15, -0.1) is 0 Å². The van der Waals surface area contributed by atoms with Crippen molar-refractivity contribution in [3.05, 3.63) is 59.4 Å². The van der Waals surface area contributed by atoms with Crippen molar-refractivity contribution < 1.29 is 17.6 Å². The molecule has 0 saturated carbocycles. The Morgan fingerprint density at radius 2 is 1.86 bits per heavy atom. The quantitative estimate of drug-likeness (QED) is 0.909. The third kappa shape index (κ3) is 3.45. The number of sulfonamides is 1. The molecule has 3 N–H and O–H groups in total. The molecule has 1 amide bonds. The van der Waals surface area contributed by atoms with Crippen LogP contribution in [0.15, 0.2) is 47.4 Å². The number of nitrogens with one attached hydrogen (secondary N) is 1. The van der Waals surface area contributed by atoms with Gasteiger partial charge in [-0.05, 0) is 36.8 Å². The minimum Gasteiger partial charge on any atom is -0.322 e. The summed E-state index contributed by atoms with van der Waals surface area (Å²) in [5, 5.41) is 7.45. The Kier molecular flexibility index (Phi) is 4.06. The molecule has 5 nitrogen and oxygen atoms in total. The summed E-state index contributed by atoms with van der Waals surface area (Å²) in [6, 6.07) is 9.89. The molecule has 2 aromatic carbocycles. The number of aryl methyl sites for hydroxylation is 1. The Hall–Kier alpha value is -2.25. The Bertz CT molecular complexity index is 804. The van der Waals surface area contributed by atoms with Crippen LogP contribution in [-0.4, -0.2) is 14.3 Å². The van der Waals surface area contributed by atoms with Crippen LogP contribution in [0.2, 0.25) is 0 Å². The number of hydrogen-bond acceptors (Lipinski definition) is 3. The molecule has 21 heavy (non-hydrogen) atoms. The predicted octanol–water partition coefficient (Wildman–Crippen LogP) is 2.03. The summed E-state index contributed by atoms with van der Waals surface area (Å²) < 4.78 is 36.3. The number of nitrogens with two attached hydrogens (primary N) is 1. The lowest BCUT2D eigenvalue weighted by atomic mass is 10.1. The number of rotatable bonds is 3. The van der Waals surface area contributed by atoms with Crippen molar-refractivity contribution in [2.75, 3.05) is 5.32 Å². The first-order chi connectivity index (χ1) is 9.79. The van der Waals surface area contributed by atoms with Crippen molar-refractivity contribution in [2.24, 2.45) is 5.14 Å². The molecule has 0 saturated heterocycles. The molecule has 0 unspecified atom stereocenters. The summed E-state index contributed by atoms with van der Waals surface area (Å²) in [5.74, 6) is -1.28. The van der Waals surface area contributed by atoms with E-state index >= 15 is 0 Å². The Balaban J connectivity index is 2.30. The van der Waals surface area contributed by atoms with Crippen molar-refractivity contribution >= 4 is 21.6 Å². The first-order valence-electron chi connectivity index (χ1n) is 5.98. The fourth-order valence-electron chi connectivity index (χ4n) is 1.77. The van der Waals surface area contributed by atoms with E-state index < -0.39 is 21.7 Å². The minimum absolute atomic E-state index is 0.115. The van der Waals surface area contributed by atoms with Gasteiger partial charge in [0.2, 0.25) is 10.0 Å².